The van der Waals surface area contributed by atoms with Gasteiger partial charge in [0, 0.05) is 13.1 Å². The molecule has 0 radical (unpaired) electrons. The fourth-order valence-corrected chi connectivity index (χ4v) is 1.77. The lowest BCUT2D eigenvalue weighted by Crippen LogP contribution is -2.27. The zero-order valence-corrected chi connectivity index (χ0v) is 11.9. The number of pyridine rings is 1. The third-order valence-electron chi connectivity index (χ3n) is 2.85. The molecule has 1 amide bonds. The normalized spacial score (nSPS) is 9.64. The number of benzene rings is 1. The van der Waals surface area contributed by atoms with Crippen LogP contribution in [0.3, 0.4) is 0 Å². The van der Waals surface area contributed by atoms with Gasteiger partial charge < -0.3 is 10.1 Å². The predicted octanol–water partition coefficient (Wildman–Crippen LogP) is 1.87. The zero-order chi connectivity index (χ0) is 15.9. The van der Waals surface area contributed by atoms with Gasteiger partial charge in [0.05, 0.1) is 11.6 Å². The minimum atomic E-state index is -0.473. The van der Waals surface area contributed by atoms with Crippen molar-refractivity contribution in [2.24, 2.45) is 0 Å². The Kier molecular flexibility index (Phi) is 4.83. The number of nitrogens with zero attached hydrogens (tertiary/aromatic N) is 2. The van der Waals surface area contributed by atoms with E-state index in [2.05, 4.69) is 15.0 Å². The van der Waals surface area contributed by atoms with Crippen LogP contribution in [-0.4, -0.2) is 23.6 Å². The molecule has 6 nitrogen and oxygen atoms in total. The first-order valence-corrected chi connectivity index (χ1v) is 6.48. The van der Waals surface area contributed by atoms with Crippen molar-refractivity contribution in [1.29, 1.82) is 5.26 Å². The number of hydrogen-bond donors (Lipinski definition) is 1. The number of carbonyl (C=O) groups is 2. The smallest absolute Gasteiger partial charge is 0.304 e. The van der Waals surface area contributed by atoms with E-state index in [4.69, 9.17) is 5.26 Å². The zero-order valence-electron chi connectivity index (χ0n) is 11.9. The quantitative estimate of drug-likeness (QED) is 0.686. The van der Waals surface area contributed by atoms with Gasteiger partial charge in [-0.15, -0.1) is 0 Å². The van der Waals surface area contributed by atoms with Gasteiger partial charge in [-0.25, -0.2) is 0 Å². The van der Waals surface area contributed by atoms with Gasteiger partial charge >= 0.3 is 5.97 Å². The number of ether oxygens (including phenoxy) is 1. The first kappa shape index (κ1) is 15.2. The molecule has 2 rings (SSSR count). The average Bonchev–Trinajstić information content (AvgIpc) is 2.54. The largest absolute Gasteiger partial charge is 0.445 e. The van der Waals surface area contributed by atoms with Crippen LogP contribution in [0.25, 0.3) is 11.1 Å². The van der Waals surface area contributed by atoms with E-state index in [1.54, 1.807) is 36.4 Å². The highest BCUT2D eigenvalue weighted by Gasteiger charge is 2.09. The maximum absolute atomic E-state index is 11.9. The molecule has 1 aromatic carbocycles. The average molecular weight is 295 g/mol. The van der Waals surface area contributed by atoms with Crippen LogP contribution in [0.5, 0.6) is 0 Å². The van der Waals surface area contributed by atoms with E-state index < -0.39 is 11.9 Å². The summed E-state index contributed by atoms with van der Waals surface area (Å²) in [5.41, 5.74) is 2.46. The van der Waals surface area contributed by atoms with Gasteiger partial charge in [-0.1, -0.05) is 12.1 Å². The molecular formula is C16H13N3O3. The Balaban J connectivity index is 2.13. The molecule has 0 aliphatic heterocycles. The van der Waals surface area contributed by atoms with Crippen molar-refractivity contribution in [3.8, 4) is 17.2 Å². The van der Waals surface area contributed by atoms with Gasteiger partial charge in [-0.3, -0.25) is 14.6 Å². The lowest BCUT2D eigenvalue weighted by atomic mass is 10.0. The number of nitrogens with one attached hydrogen (secondary N) is 1. The molecule has 0 atom stereocenters. The molecule has 0 unspecified atom stereocenters. The highest BCUT2D eigenvalue weighted by atomic mass is 16.5. The number of hydrogen-bond acceptors (Lipinski definition) is 5. The van der Waals surface area contributed by atoms with E-state index in [9.17, 15) is 9.59 Å². The van der Waals surface area contributed by atoms with Crippen LogP contribution in [0.1, 0.15) is 23.0 Å². The SMILES string of the molecule is CC(=O)OCNC(=O)c1cc(-c2ccc(C#N)cc2)ccn1. The summed E-state index contributed by atoms with van der Waals surface area (Å²) in [7, 11) is 0. The van der Waals surface area contributed by atoms with Gasteiger partial charge in [-0.05, 0) is 35.4 Å². The number of aromatic nitrogens is 1. The molecule has 1 heterocycles. The van der Waals surface area contributed by atoms with E-state index in [0.29, 0.717) is 5.56 Å². The highest BCUT2D eigenvalue weighted by molar-refractivity contribution is 5.93. The van der Waals surface area contributed by atoms with Gasteiger partial charge in [0.25, 0.3) is 5.91 Å². The van der Waals surface area contributed by atoms with Crippen LogP contribution in [0.4, 0.5) is 0 Å². The number of amides is 1. The van der Waals surface area contributed by atoms with Crippen molar-refractivity contribution in [2.45, 2.75) is 6.92 Å². The lowest BCUT2D eigenvalue weighted by molar-refractivity contribution is -0.141. The van der Waals surface area contributed by atoms with E-state index in [0.717, 1.165) is 11.1 Å². The second-order valence-electron chi connectivity index (χ2n) is 4.41. The molecule has 22 heavy (non-hydrogen) atoms. The van der Waals surface area contributed by atoms with Gasteiger partial charge in [0.1, 0.15) is 5.69 Å². The Morgan fingerprint density at radius 1 is 1.23 bits per heavy atom. The molecule has 0 saturated heterocycles. The Labute approximate surface area is 127 Å². The van der Waals surface area contributed by atoms with E-state index in [-0.39, 0.29) is 12.4 Å². The first-order chi connectivity index (χ1) is 10.6. The summed E-state index contributed by atoms with van der Waals surface area (Å²) in [6.45, 7) is 1.06. The molecular weight excluding hydrogens is 282 g/mol. The highest BCUT2D eigenvalue weighted by Crippen LogP contribution is 2.19. The van der Waals surface area contributed by atoms with Crippen molar-refractivity contribution in [1.82, 2.24) is 10.3 Å². The lowest BCUT2D eigenvalue weighted by Gasteiger charge is -2.06. The second-order valence-corrected chi connectivity index (χ2v) is 4.41. The Morgan fingerprint density at radius 3 is 2.59 bits per heavy atom. The van der Waals surface area contributed by atoms with Crippen LogP contribution in [0, 0.1) is 11.3 Å². The van der Waals surface area contributed by atoms with Crippen LogP contribution >= 0.6 is 0 Å². The topological polar surface area (TPSA) is 92.1 Å². The van der Waals surface area contributed by atoms with E-state index in [1.165, 1.54) is 13.1 Å². The first-order valence-electron chi connectivity index (χ1n) is 6.48. The third-order valence-corrected chi connectivity index (χ3v) is 2.85. The molecule has 1 N–H and O–H groups in total. The minimum Gasteiger partial charge on any atom is -0.445 e. The molecule has 0 spiro atoms. The van der Waals surface area contributed by atoms with Crippen LogP contribution in [0.2, 0.25) is 0 Å². The number of carbonyl (C=O) groups excluding carboxylic acids is 2. The molecule has 6 heteroatoms. The van der Waals surface area contributed by atoms with Gasteiger partial charge in [-0.2, -0.15) is 5.26 Å². The molecule has 0 aliphatic carbocycles. The summed E-state index contributed by atoms with van der Waals surface area (Å²) < 4.78 is 4.65. The number of rotatable bonds is 4. The van der Waals surface area contributed by atoms with Crippen LogP contribution in [-0.2, 0) is 9.53 Å². The maximum Gasteiger partial charge on any atom is 0.304 e. The maximum atomic E-state index is 11.9. The molecule has 1 aromatic heterocycles. The predicted molar refractivity (Wildman–Crippen MR) is 78.5 cm³/mol. The standard InChI is InChI=1S/C16H13N3O3/c1-11(20)22-10-19-16(21)15-8-14(6-7-18-15)13-4-2-12(9-17)3-5-13/h2-8H,10H2,1H3,(H,19,21). The van der Waals surface area contributed by atoms with Crippen LogP contribution in [0.15, 0.2) is 42.6 Å². The third kappa shape index (κ3) is 3.90. The number of esters is 1. The molecule has 2 aromatic rings. The molecule has 0 aliphatic rings. The van der Waals surface area contributed by atoms with Crippen molar-refractivity contribution >= 4 is 11.9 Å². The summed E-state index contributed by atoms with van der Waals surface area (Å²) in [5.74, 6) is -0.906. The van der Waals surface area contributed by atoms with Crippen molar-refractivity contribution in [3.63, 3.8) is 0 Å². The van der Waals surface area contributed by atoms with Gasteiger partial charge in [0.2, 0.25) is 0 Å². The van der Waals surface area contributed by atoms with Crippen molar-refractivity contribution in [2.75, 3.05) is 6.73 Å². The molecule has 0 fully saturated rings. The Morgan fingerprint density at radius 2 is 1.95 bits per heavy atom. The fraction of sp³-hybridized carbons (Fsp3) is 0.125. The van der Waals surface area contributed by atoms with Crippen molar-refractivity contribution < 1.29 is 14.3 Å². The summed E-state index contributed by atoms with van der Waals surface area (Å²) in [4.78, 5) is 26.5. The Hall–Kier alpha value is -3.20. The summed E-state index contributed by atoms with van der Waals surface area (Å²) in [6, 6.07) is 12.5. The van der Waals surface area contributed by atoms with Crippen molar-refractivity contribution in [3.05, 3.63) is 53.9 Å². The summed E-state index contributed by atoms with van der Waals surface area (Å²) >= 11 is 0. The van der Waals surface area contributed by atoms with E-state index >= 15 is 0 Å². The fourth-order valence-electron chi connectivity index (χ4n) is 1.77. The van der Waals surface area contributed by atoms with E-state index in [1.807, 2.05) is 6.07 Å². The summed E-state index contributed by atoms with van der Waals surface area (Å²) in [6.07, 6.45) is 1.52. The van der Waals surface area contributed by atoms with Crippen LogP contribution < -0.4 is 5.32 Å². The molecule has 0 saturated carbocycles. The Bertz CT molecular complexity index is 733. The van der Waals surface area contributed by atoms with Gasteiger partial charge in [0.15, 0.2) is 6.73 Å². The number of nitriles is 1. The molecule has 0 bridgehead atoms. The second kappa shape index (κ2) is 6.99. The minimum absolute atomic E-state index is 0.197. The monoisotopic (exact) mass is 295 g/mol. The molecule has 110 valence electrons. The summed E-state index contributed by atoms with van der Waals surface area (Å²) in [5, 5.41) is 11.2.